The number of thiophene rings is 1. The van der Waals surface area contributed by atoms with Crippen LogP contribution >= 0.6 is 11.3 Å². The fourth-order valence-electron chi connectivity index (χ4n) is 1.85. The predicted octanol–water partition coefficient (Wildman–Crippen LogP) is 2.87. The van der Waals surface area contributed by atoms with Crippen LogP contribution in [0, 0.1) is 0 Å². The Hall–Kier alpha value is -2.34. The first-order valence-corrected chi connectivity index (χ1v) is 7.17. The van der Waals surface area contributed by atoms with E-state index in [0.29, 0.717) is 5.56 Å². The van der Waals surface area contributed by atoms with E-state index in [0.717, 1.165) is 0 Å². The standard InChI is InChI=1S/C15H14O5S/c1-3-20-15(18)11-7-13(19-2)12(16)6-10(11)14(17)9-4-5-21-8-9/h4-8,16H,3H2,1-2H3. The second kappa shape index (κ2) is 6.41. The smallest absolute Gasteiger partial charge is 0.339 e. The lowest BCUT2D eigenvalue weighted by atomic mass is 9.99. The first kappa shape index (κ1) is 15.1. The van der Waals surface area contributed by atoms with Crippen molar-refractivity contribution in [1.29, 1.82) is 0 Å². The third-order valence-corrected chi connectivity index (χ3v) is 3.53. The Morgan fingerprint density at radius 1 is 1.29 bits per heavy atom. The van der Waals surface area contributed by atoms with Crippen molar-refractivity contribution in [2.45, 2.75) is 6.92 Å². The SMILES string of the molecule is CCOC(=O)c1cc(OC)c(O)cc1C(=O)c1ccsc1. The van der Waals surface area contributed by atoms with E-state index in [1.165, 1.54) is 30.6 Å². The van der Waals surface area contributed by atoms with Crippen LogP contribution < -0.4 is 4.74 Å². The molecule has 0 saturated heterocycles. The summed E-state index contributed by atoms with van der Waals surface area (Å²) in [4.78, 5) is 24.4. The average Bonchev–Trinajstić information content (AvgIpc) is 3.00. The molecule has 21 heavy (non-hydrogen) atoms. The van der Waals surface area contributed by atoms with E-state index in [-0.39, 0.29) is 35.0 Å². The van der Waals surface area contributed by atoms with Crippen LogP contribution in [-0.2, 0) is 4.74 Å². The largest absolute Gasteiger partial charge is 0.504 e. The summed E-state index contributed by atoms with van der Waals surface area (Å²) < 4.78 is 9.92. The van der Waals surface area contributed by atoms with Crippen LogP contribution in [0.15, 0.2) is 29.0 Å². The molecule has 2 aromatic rings. The highest BCUT2D eigenvalue weighted by molar-refractivity contribution is 7.08. The summed E-state index contributed by atoms with van der Waals surface area (Å²) in [6.07, 6.45) is 0. The van der Waals surface area contributed by atoms with E-state index in [2.05, 4.69) is 0 Å². The molecule has 6 heteroatoms. The molecule has 0 atom stereocenters. The van der Waals surface area contributed by atoms with Crippen LogP contribution in [-0.4, -0.2) is 30.6 Å². The zero-order valence-corrected chi connectivity index (χ0v) is 12.4. The van der Waals surface area contributed by atoms with E-state index in [1.807, 2.05) is 0 Å². The lowest BCUT2D eigenvalue weighted by Crippen LogP contribution is -2.12. The first-order valence-electron chi connectivity index (χ1n) is 6.23. The van der Waals surface area contributed by atoms with Crippen molar-refractivity contribution in [1.82, 2.24) is 0 Å². The number of phenolic OH excluding ortho intramolecular Hbond substituents is 1. The van der Waals surface area contributed by atoms with E-state index < -0.39 is 5.97 Å². The molecular weight excluding hydrogens is 292 g/mol. The minimum atomic E-state index is -0.630. The Kier molecular flexibility index (Phi) is 4.59. The number of hydrogen-bond acceptors (Lipinski definition) is 6. The molecule has 0 bridgehead atoms. The molecule has 0 unspecified atom stereocenters. The summed E-state index contributed by atoms with van der Waals surface area (Å²) in [5.41, 5.74) is 0.614. The van der Waals surface area contributed by atoms with Crippen molar-refractivity contribution >= 4 is 23.1 Å². The molecule has 0 aliphatic heterocycles. The van der Waals surface area contributed by atoms with Gasteiger partial charge >= 0.3 is 5.97 Å². The van der Waals surface area contributed by atoms with Gasteiger partial charge in [0.05, 0.1) is 19.3 Å². The molecule has 110 valence electrons. The summed E-state index contributed by atoms with van der Waals surface area (Å²) in [5, 5.41) is 13.3. The van der Waals surface area contributed by atoms with Crippen molar-refractivity contribution in [3.8, 4) is 11.5 Å². The molecule has 1 heterocycles. The third kappa shape index (κ3) is 3.05. The number of methoxy groups -OCH3 is 1. The molecule has 0 amide bonds. The minimum absolute atomic E-state index is 0.0719. The van der Waals surface area contributed by atoms with Gasteiger partial charge < -0.3 is 14.6 Å². The van der Waals surface area contributed by atoms with Gasteiger partial charge in [0.25, 0.3) is 0 Å². The second-order valence-electron chi connectivity index (χ2n) is 4.13. The maximum Gasteiger partial charge on any atom is 0.339 e. The molecule has 1 N–H and O–H groups in total. The maximum atomic E-state index is 12.4. The molecule has 0 saturated carbocycles. The van der Waals surface area contributed by atoms with Gasteiger partial charge in [-0.25, -0.2) is 4.79 Å². The lowest BCUT2D eigenvalue weighted by Gasteiger charge is -2.11. The van der Waals surface area contributed by atoms with Gasteiger partial charge in [0.1, 0.15) is 0 Å². The summed E-state index contributed by atoms with van der Waals surface area (Å²) >= 11 is 1.37. The van der Waals surface area contributed by atoms with E-state index in [4.69, 9.17) is 9.47 Å². The lowest BCUT2D eigenvalue weighted by molar-refractivity contribution is 0.0523. The van der Waals surface area contributed by atoms with E-state index in [1.54, 1.807) is 23.8 Å². The molecule has 1 aromatic carbocycles. The number of carbonyl (C=O) groups is 2. The summed E-state index contributed by atoms with van der Waals surface area (Å²) in [5.74, 6) is -1.07. The fourth-order valence-corrected chi connectivity index (χ4v) is 2.48. The van der Waals surface area contributed by atoms with Crippen LogP contribution in [0.2, 0.25) is 0 Å². The molecular formula is C15H14O5S. The first-order chi connectivity index (χ1) is 10.1. The van der Waals surface area contributed by atoms with Crippen LogP contribution in [0.1, 0.15) is 33.2 Å². The van der Waals surface area contributed by atoms with Crippen LogP contribution in [0.25, 0.3) is 0 Å². The van der Waals surface area contributed by atoms with Gasteiger partial charge in [-0.1, -0.05) is 0 Å². The summed E-state index contributed by atoms with van der Waals surface area (Å²) in [7, 11) is 1.37. The van der Waals surface area contributed by atoms with Gasteiger partial charge in [-0.05, 0) is 30.5 Å². The van der Waals surface area contributed by atoms with Crippen LogP contribution in [0.3, 0.4) is 0 Å². The van der Waals surface area contributed by atoms with Crippen molar-refractivity contribution < 1.29 is 24.2 Å². The number of esters is 1. The average molecular weight is 306 g/mol. The molecule has 5 nitrogen and oxygen atoms in total. The Bertz CT molecular complexity index is 661. The highest BCUT2D eigenvalue weighted by Gasteiger charge is 2.22. The molecule has 0 fully saturated rings. The third-order valence-electron chi connectivity index (χ3n) is 2.84. The highest BCUT2D eigenvalue weighted by atomic mass is 32.1. The highest BCUT2D eigenvalue weighted by Crippen LogP contribution is 2.31. The quantitative estimate of drug-likeness (QED) is 0.679. The number of phenols is 1. The number of ether oxygens (including phenoxy) is 2. The van der Waals surface area contributed by atoms with Crippen molar-refractivity contribution in [3.05, 3.63) is 45.6 Å². The normalized spacial score (nSPS) is 10.2. The molecule has 2 rings (SSSR count). The minimum Gasteiger partial charge on any atom is -0.504 e. The summed E-state index contributed by atoms with van der Waals surface area (Å²) in [6, 6.07) is 4.20. The Morgan fingerprint density at radius 2 is 2.05 bits per heavy atom. The van der Waals surface area contributed by atoms with Crippen molar-refractivity contribution in [2.24, 2.45) is 0 Å². The van der Waals surface area contributed by atoms with Gasteiger partial charge in [0, 0.05) is 16.5 Å². The fraction of sp³-hybridized carbons (Fsp3) is 0.200. The van der Waals surface area contributed by atoms with Crippen LogP contribution in [0.5, 0.6) is 11.5 Å². The van der Waals surface area contributed by atoms with Gasteiger partial charge in [0.15, 0.2) is 17.3 Å². The zero-order valence-electron chi connectivity index (χ0n) is 11.6. The molecule has 0 aliphatic rings. The zero-order chi connectivity index (χ0) is 15.4. The number of benzene rings is 1. The monoisotopic (exact) mass is 306 g/mol. The number of hydrogen-bond donors (Lipinski definition) is 1. The van der Waals surface area contributed by atoms with E-state index in [9.17, 15) is 14.7 Å². The topological polar surface area (TPSA) is 72.8 Å². The van der Waals surface area contributed by atoms with Crippen LogP contribution in [0.4, 0.5) is 0 Å². The van der Waals surface area contributed by atoms with E-state index >= 15 is 0 Å². The van der Waals surface area contributed by atoms with Gasteiger partial charge in [-0.3, -0.25) is 4.79 Å². The van der Waals surface area contributed by atoms with Gasteiger partial charge in [-0.2, -0.15) is 11.3 Å². The molecule has 1 aromatic heterocycles. The maximum absolute atomic E-state index is 12.4. The Labute approximate surface area is 125 Å². The van der Waals surface area contributed by atoms with Crippen molar-refractivity contribution in [3.63, 3.8) is 0 Å². The molecule has 0 spiro atoms. The number of carbonyl (C=O) groups excluding carboxylic acids is 2. The number of ketones is 1. The number of aromatic hydroxyl groups is 1. The Balaban J connectivity index is 2.55. The number of rotatable bonds is 5. The summed E-state index contributed by atoms with van der Waals surface area (Å²) in [6.45, 7) is 1.87. The molecule has 0 radical (unpaired) electrons. The van der Waals surface area contributed by atoms with Gasteiger partial charge in [-0.15, -0.1) is 0 Å². The molecule has 0 aliphatic carbocycles. The van der Waals surface area contributed by atoms with Gasteiger partial charge in [0.2, 0.25) is 0 Å². The second-order valence-corrected chi connectivity index (χ2v) is 4.91. The van der Waals surface area contributed by atoms with Crippen molar-refractivity contribution in [2.75, 3.05) is 13.7 Å². The predicted molar refractivity (Wildman–Crippen MR) is 78.4 cm³/mol. The Morgan fingerprint density at radius 3 is 2.62 bits per heavy atom.